The van der Waals surface area contributed by atoms with Crippen LogP contribution >= 0.6 is 28.3 Å². The standard InChI is InChI=1S/C16H23BrN2O3.ClH/c17-14-5-4-13(22-14)15(20)18-12-16(6-2-1-3-7-16)19-8-10-21-11-9-19;/h4-5H,1-3,6-12H2,(H,18,20);1H. The Morgan fingerprint density at radius 1 is 1.22 bits per heavy atom. The Kier molecular flexibility index (Phi) is 6.95. The van der Waals surface area contributed by atoms with Crippen molar-refractivity contribution in [2.45, 2.75) is 37.6 Å². The van der Waals surface area contributed by atoms with E-state index in [-0.39, 0.29) is 23.9 Å². The van der Waals surface area contributed by atoms with Crippen LogP contribution in [-0.4, -0.2) is 49.2 Å². The Labute approximate surface area is 151 Å². The van der Waals surface area contributed by atoms with Crippen molar-refractivity contribution in [1.82, 2.24) is 10.2 Å². The molecular weight excluding hydrogens is 384 g/mol. The number of rotatable bonds is 4. The molecule has 0 unspecified atom stereocenters. The Morgan fingerprint density at radius 3 is 2.52 bits per heavy atom. The van der Waals surface area contributed by atoms with Crippen molar-refractivity contribution in [3.05, 3.63) is 22.6 Å². The number of halogens is 2. The maximum absolute atomic E-state index is 12.3. The first-order chi connectivity index (χ1) is 10.7. The minimum atomic E-state index is -0.135. The van der Waals surface area contributed by atoms with Crippen LogP contribution in [0.25, 0.3) is 0 Å². The lowest BCUT2D eigenvalue weighted by atomic mass is 9.79. The van der Waals surface area contributed by atoms with Gasteiger partial charge < -0.3 is 14.5 Å². The van der Waals surface area contributed by atoms with Crippen LogP contribution in [0, 0.1) is 0 Å². The SMILES string of the molecule is Cl.O=C(NCC1(N2CCOCC2)CCCCC1)c1ccc(Br)o1. The van der Waals surface area contributed by atoms with Crippen LogP contribution < -0.4 is 5.32 Å². The summed E-state index contributed by atoms with van der Waals surface area (Å²) in [6, 6.07) is 3.44. The van der Waals surface area contributed by atoms with E-state index in [1.165, 1.54) is 19.3 Å². The second-order valence-electron chi connectivity index (χ2n) is 6.17. The molecule has 1 saturated heterocycles. The minimum Gasteiger partial charge on any atom is -0.444 e. The van der Waals surface area contributed by atoms with Gasteiger partial charge in [-0.05, 0) is 40.9 Å². The first-order valence-electron chi connectivity index (χ1n) is 8.06. The largest absolute Gasteiger partial charge is 0.444 e. The number of ether oxygens (including phenoxy) is 1. The van der Waals surface area contributed by atoms with E-state index in [4.69, 9.17) is 9.15 Å². The van der Waals surface area contributed by atoms with Crippen LogP contribution in [0.1, 0.15) is 42.7 Å². The van der Waals surface area contributed by atoms with Gasteiger partial charge in [0, 0.05) is 25.2 Å². The molecule has 0 bridgehead atoms. The molecule has 1 saturated carbocycles. The number of amides is 1. The van der Waals surface area contributed by atoms with Crippen LogP contribution in [0.5, 0.6) is 0 Å². The van der Waals surface area contributed by atoms with Crippen molar-refractivity contribution in [3.8, 4) is 0 Å². The molecule has 1 aromatic rings. The number of furan rings is 1. The number of nitrogens with one attached hydrogen (secondary N) is 1. The van der Waals surface area contributed by atoms with Crippen LogP contribution in [0.4, 0.5) is 0 Å². The van der Waals surface area contributed by atoms with Crippen molar-refractivity contribution >= 4 is 34.2 Å². The zero-order valence-corrected chi connectivity index (χ0v) is 15.6. The third-order valence-electron chi connectivity index (χ3n) is 4.84. The predicted octanol–water partition coefficient (Wildman–Crippen LogP) is 3.23. The fraction of sp³-hybridized carbons (Fsp3) is 0.688. The number of carbonyl (C=O) groups excluding carboxylic acids is 1. The zero-order chi connectivity index (χ0) is 15.4. The second-order valence-corrected chi connectivity index (χ2v) is 6.95. The van der Waals surface area contributed by atoms with Gasteiger partial charge in [-0.1, -0.05) is 19.3 Å². The van der Waals surface area contributed by atoms with E-state index in [0.717, 1.165) is 39.1 Å². The van der Waals surface area contributed by atoms with Gasteiger partial charge in [-0.15, -0.1) is 12.4 Å². The summed E-state index contributed by atoms with van der Waals surface area (Å²) in [5.74, 6) is 0.226. The van der Waals surface area contributed by atoms with Crippen LogP contribution in [-0.2, 0) is 4.74 Å². The van der Waals surface area contributed by atoms with Crippen LogP contribution in [0.2, 0.25) is 0 Å². The first kappa shape index (κ1) is 18.8. The average Bonchev–Trinajstić information content (AvgIpc) is 3.01. The van der Waals surface area contributed by atoms with Crippen molar-refractivity contribution in [1.29, 1.82) is 0 Å². The molecule has 1 amide bonds. The monoisotopic (exact) mass is 406 g/mol. The molecule has 7 heteroatoms. The van der Waals surface area contributed by atoms with Gasteiger partial charge in [0.05, 0.1) is 13.2 Å². The van der Waals surface area contributed by atoms with Crippen molar-refractivity contribution in [2.24, 2.45) is 0 Å². The summed E-state index contributed by atoms with van der Waals surface area (Å²) < 4.78 is 11.4. The molecule has 2 aliphatic rings. The van der Waals surface area contributed by atoms with E-state index >= 15 is 0 Å². The first-order valence-corrected chi connectivity index (χ1v) is 8.85. The van der Waals surface area contributed by atoms with E-state index in [1.54, 1.807) is 12.1 Å². The number of nitrogens with zero attached hydrogens (tertiary/aromatic N) is 1. The normalized spacial score (nSPS) is 21.4. The van der Waals surface area contributed by atoms with E-state index in [0.29, 0.717) is 17.0 Å². The highest BCUT2D eigenvalue weighted by atomic mass is 79.9. The summed E-state index contributed by atoms with van der Waals surface area (Å²) in [7, 11) is 0. The molecule has 130 valence electrons. The Bertz CT molecular complexity index is 511. The summed E-state index contributed by atoms with van der Waals surface area (Å²) in [4.78, 5) is 14.8. The molecule has 0 radical (unpaired) electrons. The number of hydrogen-bond acceptors (Lipinski definition) is 4. The molecule has 1 aliphatic heterocycles. The molecule has 2 fully saturated rings. The van der Waals surface area contributed by atoms with Crippen molar-refractivity contribution in [3.63, 3.8) is 0 Å². The van der Waals surface area contributed by atoms with Gasteiger partial charge in [0.25, 0.3) is 5.91 Å². The van der Waals surface area contributed by atoms with Gasteiger partial charge in [0.2, 0.25) is 0 Å². The number of hydrogen-bond donors (Lipinski definition) is 1. The third kappa shape index (κ3) is 4.50. The lowest BCUT2D eigenvalue weighted by Gasteiger charge is -2.48. The Morgan fingerprint density at radius 2 is 1.91 bits per heavy atom. The van der Waals surface area contributed by atoms with Gasteiger partial charge in [-0.2, -0.15) is 0 Å². The lowest BCUT2D eigenvalue weighted by molar-refractivity contribution is -0.0362. The van der Waals surface area contributed by atoms with Gasteiger partial charge in [-0.3, -0.25) is 9.69 Å². The minimum absolute atomic E-state index is 0. The fourth-order valence-electron chi connectivity index (χ4n) is 3.62. The molecule has 0 aromatic carbocycles. The van der Waals surface area contributed by atoms with Gasteiger partial charge in [0.1, 0.15) is 0 Å². The van der Waals surface area contributed by atoms with E-state index < -0.39 is 0 Å². The van der Waals surface area contributed by atoms with E-state index in [2.05, 4.69) is 26.1 Å². The summed E-state index contributed by atoms with van der Waals surface area (Å²) in [5.41, 5.74) is 0.0848. The van der Waals surface area contributed by atoms with Crippen molar-refractivity contribution < 1.29 is 13.9 Å². The summed E-state index contributed by atoms with van der Waals surface area (Å²) in [6.07, 6.45) is 6.06. The summed E-state index contributed by atoms with van der Waals surface area (Å²) >= 11 is 3.23. The zero-order valence-electron chi connectivity index (χ0n) is 13.2. The molecule has 0 atom stereocenters. The molecule has 1 aromatic heterocycles. The second kappa shape index (κ2) is 8.51. The predicted molar refractivity (Wildman–Crippen MR) is 94.2 cm³/mol. The molecule has 5 nitrogen and oxygen atoms in total. The van der Waals surface area contributed by atoms with Crippen LogP contribution in [0.3, 0.4) is 0 Å². The van der Waals surface area contributed by atoms with Crippen molar-refractivity contribution in [2.75, 3.05) is 32.8 Å². The molecule has 1 N–H and O–H groups in total. The summed E-state index contributed by atoms with van der Waals surface area (Å²) in [6.45, 7) is 4.19. The number of carbonyl (C=O) groups is 1. The molecule has 0 spiro atoms. The van der Waals surface area contributed by atoms with Crippen LogP contribution in [0.15, 0.2) is 21.2 Å². The Hall–Kier alpha value is -0.560. The smallest absolute Gasteiger partial charge is 0.287 e. The highest BCUT2D eigenvalue weighted by Crippen LogP contribution is 2.34. The molecule has 3 rings (SSSR count). The maximum Gasteiger partial charge on any atom is 0.287 e. The highest BCUT2D eigenvalue weighted by Gasteiger charge is 2.38. The van der Waals surface area contributed by atoms with Gasteiger partial charge >= 0.3 is 0 Å². The van der Waals surface area contributed by atoms with Gasteiger partial charge in [0.15, 0.2) is 10.4 Å². The molecule has 1 aliphatic carbocycles. The molecular formula is C16H24BrClN2O3. The summed E-state index contributed by atoms with van der Waals surface area (Å²) in [5, 5.41) is 3.08. The highest BCUT2D eigenvalue weighted by molar-refractivity contribution is 9.10. The number of morpholine rings is 1. The molecule has 2 heterocycles. The third-order valence-corrected chi connectivity index (χ3v) is 5.27. The molecule has 23 heavy (non-hydrogen) atoms. The van der Waals surface area contributed by atoms with E-state index in [1.807, 2.05) is 0 Å². The maximum atomic E-state index is 12.3. The van der Waals surface area contributed by atoms with Gasteiger partial charge in [-0.25, -0.2) is 0 Å². The van der Waals surface area contributed by atoms with E-state index in [9.17, 15) is 4.79 Å². The topological polar surface area (TPSA) is 54.7 Å². The lowest BCUT2D eigenvalue weighted by Crippen LogP contribution is -2.59. The Balaban J connectivity index is 0.00000192. The quantitative estimate of drug-likeness (QED) is 0.832. The fourth-order valence-corrected chi connectivity index (χ4v) is 3.93. The average molecular weight is 408 g/mol.